The molecule has 0 aliphatic carbocycles. The van der Waals surface area contributed by atoms with Crippen LogP contribution in [0.3, 0.4) is 0 Å². The number of hydrogen-bond acceptors (Lipinski definition) is 1. The summed E-state index contributed by atoms with van der Waals surface area (Å²) in [6, 6.07) is 41.0. The third-order valence-electron chi connectivity index (χ3n) is 7.48. The van der Waals surface area contributed by atoms with Crippen LogP contribution in [0, 0.1) is 0 Å². The van der Waals surface area contributed by atoms with E-state index < -0.39 is 0 Å². The van der Waals surface area contributed by atoms with Gasteiger partial charge in [0, 0.05) is 49.4 Å². The molecule has 0 radical (unpaired) electrons. The number of furan rings is 1. The Bertz CT molecular complexity index is 2090. The van der Waals surface area contributed by atoms with E-state index in [1.54, 1.807) is 0 Å². The minimum absolute atomic E-state index is 1.10. The Kier molecular flexibility index (Phi) is 4.23. The maximum absolute atomic E-state index is 5.80. The van der Waals surface area contributed by atoms with Crippen LogP contribution in [0.2, 0.25) is 0 Å². The summed E-state index contributed by atoms with van der Waals surface area (Å²) in [7, 11) is 0. The van der Waals surface area contributed by atoms with Gasteiger partial charge >= 0.3 is 0 Å². The average molecular weight is 475 g/mol. The van der Waals surface area contributed by atoms with Gasteiger partial charge in [-0.1, -0.05) is 66.7 Å². The fraction of sp³-hybridized carbons (Fsp3) is 0. The first kappa shape index (κ1) is 20.2. The molecule has 8 aromatic rings. The fourth-order valence-corrected chi connectivity index (χ4v) is 5.76. The molecule has 0 atom stereocenters. The van der Waals surface area contributed by atoms with Crippen molar-refractivity contribution >= 4 is 43.6 Å². The van der Waals surface area contributed by atoms with Gasteiger partial charge in [-0.25, -0.2) is 0 Å². The zero-order valence-corrected chi connectivity index (χ0v) is 20.0. The van der Waals surface area contributed by atoms with Gasteiger partial charge in [-0.05, 0) is 59.7 Å². The predicted molar refractivity (Wildman–Crippen MR) is 153 cm³/mol. The van der Waals surface area contributed by atoms with Crippen molar-refractivity contribution in [3.63, 3.8) is 0 Å². The first-order valence-corrected chi connectivity index (χ1v) is 12.5. The van der Waals surface area contributed by atoms with Crippen LogP contribution >= 0.6 is 0 Å². The largest absolute Gasteiger partial charge is 0.471 e. The maximum atomic E-state index is 5.80. The summed E-state index contributed by atoms with van der Waals surface area (Å²) >= 11 is 0. The second kappa shape index (κ2) is 7.74. The van der Waals surface area contributed by atoms with Crippen LogP contribution in [-0.2, 0) is 0 Å². The molecule has 0 saturated carbocycles. The second-order valence-electron chi connectivity index (χ2n) is 9.55. The lowest BCUT2D eigenvalue weighted by atomic mass is 9.96. The van der Waals surface area contributed by atoms with E-state index in [0.29, 0.717) is 0 Å². The highest BCUT2D eigenvalue weighted by Crippen LogP contribution is 2.39. The molecule has 5 aromatic carbocycles. The Morgan fingerprint density at radius 1 is 0.486 bits per heavy atom. The van der Waals surface area contributed by atoms with E-state index in [1.165, 1.54) is 32.6 Å². The lowest BCUT2D eigenvalue weighted by Gasteiger charge is -2.08. The van der Waals surface area contributed by atoms with Crippen molar-refractivity contribution in [3.8, 4) is 27.9 Å². The van der Waals surface area contributed by atoms with Crippen molar-refractivity contribution in [1.29, 1.82) is 0 Å². The van der Waals surface area contributed by atoms with Crippen LogP contribution in [0.1, 0.15) is 0 Å². The van der Waals surface area contributed by atoms with Crippen LogP contribution < -0.4 is 0 Å². The Morgan fingerprint density at radius 3 is 1.95 bits per heavy atom. The Morgan fingerprint density at radius 2 is 1.11 bits per heavy atom. The average Bonchev–Trinajstić information content (AvgIpc) is 3.67. The third kappa shape index (κ3) is 3.01. The number of aromatic nitrogens is 2. The molecular formula is C34H22N2O. The molecule has 0 amide bonds. The monoisotopic (exact) mass is 474 g/mol. The zero-order chi connectivity index (χ0) is 24.3. The van der Waals surface area contributed by atoms with Crippen molar-refractivity contribution in [1.82, 2.24) is 9.55 Å². The van der Waals surface area contributed by atoms with E-state index in [0.717, 1.165) is 39.0 Å². The molecule has 0 bridgehead atoms. The van der Waals surface area contributed by atoms with Crippen LogP contribution in [-0.4, -0.2) is 9.55 Å². The fourth-order valence-electron chi connectivity index (χ4n) is 5.76. The SMILES string of the molecule is c1ccc(-n2c3ccccc3c3cc(-c4cocc4-c4ccc5[nH]c6ccccc6c5c4)ccc32)cc1. The molecule has 0 saturated heterocycles. The first-order chi connectivity index (χ1) is 18.3. The van der Waals surface area contributed by atoms with Gasteiger partial charge in [0.05, 0.1) is 23.6 Å². The Balaban J connectivity index is 1.32. The van der Waals surface area contributed by atoms with Gasteiger partial charge in [-0.15, -0.1) is 0 Å². The highest BCUT2D eigenvalue weighted by molar-refractivity contribution is 6.11. The smallest absolute Gasteiger partial charge is 0.0987 e. The molecule has 174 valence electrons. The highest BCUT2D eigenvalue weighted by Gasteiger charge is 2.16. The number of H-pyrrole nitrogens is 1. The molecule has 0 aliphatic heterocycles. The molecule has 3 aromatic heterocycles. The van der Waals surface area contributed by atoms with Gasteiger partial charge in [0.1, 0.15) is 0 Å². The Labute approximate surface area is 213 Å². The number of rotatable bonds is 3. The van der Waals surface area contributed by atoms with Crippen molar-refractivity contribution < 1.29 is 4.42 Å². The van der Waals surface area contributed by atoms with E-state index in [2.05, 4.69) is 125 Å². The molecule has 0 aliphatic rings. The van der Waals surface area contributed by atoms with Gasteiger partial charge in [0.25, 0.3) is 0 Å². The van der Waals surface area contributed by atoms with Gasteiger partial charge in [-0.3, -0.25) is 0 Å². The summed E-state index contributed by atoms with van der Waals surface area (Å²) in [5.41, 5.74) is 10.3. The van der Waals surface area contributed by atoms with Crippen LogP contribution in [0.4, 0.5) is 0 Å². The summed E-state index contributed by atoms with van der Waals surface area (Å²) in [6.45, 7) is 0. The van der Waals surface area contributed by atoms with Crippen molar-refractivity contribution in [2.45, 2.75) is 0 Å². The van der Waals surface area contributed by atoms with Crippen molar-refractivity contribution in [2.24, 2.45) is 0 Å². The molecule has 1 N–H and O–H groups in total. The number of hydrogen-bond donors (Lipinski definition) is 1. The van der Waals surface area contributed by atoms with E-state index in [1.807, 2.05) is 12.5 Å². The molecule has 37 heavy (non-hydrogen) atoms. The van der Waals surface area contributed by atoms with E-state index in [-0.39, 0.29) is 0 Å². The van der Waals surface area contributed by atoms with Gasteiger partial charge < -0.3 is 14.0 Å². The molecular weight excluding hydrogens is 452 g/mol. The molecule has 0 fully saturated rings. The molecule has 0 spiro atoms. The molecule has 3 nitrogen and oxygen atoms in total. The second-order valence-corrected chi connectivity index (χ2v) is 9.55. The van der Waals surface area contributed by atoms with Crippen molar-refractivity contribution in [3.05, 3.63) is 128 Å². The number of nitrogens with one attached hydrogen (secondary N) is 1. The van der Waals surface area contributed by atoms with Crippen molar-refractivity contribution in [2.75, 3.05) is 0 Å². The van der Waals surface area contributed by atoms with Crippen LogP contribution in [0.25, 0.3) is 71.6 Å². The first-order valence-electron chi connectivity index (χ1n) is 12.5. The van der Waals surface area contributed by atoms with Gasteiger partial charge in [0.15, 0.2) is 0 Å². The summed E-state index contributed by atoms with van der Waals surface area (Å²) in [6.07, 6.45) is 3.73. The number of aromatic amines is 1. The molecule has 3 heterocycles. The lowest BCUT2D eigenvalue weighted by Crippen LogP contribution is -1.92. The van der Waals surface area contributed by atoms with Gasteiger partial charge in [0.2, 0.25) is 0 Å². The molecule has 3 heteroatoms. The minimum Gasteiger partial charge on any atom is -0.471 e. The molecule has 8 rings (SSSR count). The van der Waals surface area contributed by atoms with Gasteiger partial charge in [-0.2, -0.15) is 0 Å². The van der Waals surface area contributed by atoms with E-state index >= 15 is 0 Å². The third-order valence-corrected chi connectivity index (χ3v) is 7.48. The quantitative estimate of drug-likeness (QED) is 0.272. The minimum atomic E-state index is 1.10. The standard InChI is InChI=1S/C34H22N2O/c1-2-8-24(9-3-1)36-33-13-7-5-11-26(33)28-19-23(15-17-34(28)36)30-21-37-20-29(30)22-14-16-32-27(18-22)25-10-4-6-12-31(25)35-32/h1-21,35H. The summed E-state index contributed by atoms with van der Waals surface area (Å²) in [5, 5.41) is 4.94. The van der Waals surface area contributed by atoms with E-state index in [9.17, 15) is 0 Å². The van der Waals surface area contributed by atoms with Crippen LogP contribution in [0.15, 0.2) is 132 Å². The zero-order valence-electron chi connectivity index (χ0n) is 20.0. The number of benzene rings is 5. The van der Waals surface area contributed by atoms with E-state index in [4.69, 9.17) is 4.42 Å². The predicted octanol–water partition coefficient (Wildman–Crippen LogP) is 9.35. The summed E-state index contributed by atoms with van der Waals surface area (Å²) < 4.78 is 8.14. The summed E-state index contributed by atoms with van der Waals surface area (Å²) in [5.74, 6) is 0. The lowest BCUT2D eigenvalue weighted by molar-refractivity contribution is 0.569. The topological polar surface area (TPSA) is 33.9 Å². The Hall–Kier alpha value is -5.02. The van der Waals surface area contributed by atoms with Crippen LogP contribution in [0.5, 0.6) is 0 Å². The number of para-hydroxylation sites is 3. The summed E-state index contributed by atoms with van der Waals surface area (Å²) in [4.78, 5) is 3.52. The normalized spacial score (nSPS) is 11.8. The maximum Gasteiger partial charge on any atom is 0.0987 e. The highest BCUT2D eigenvalue weighted by atomic mass is 16.3. The number of fused-ring (bicyclic) bond motifs is 6. The number of nitrogens with zero attached hydrogens (tertiary/aromatic N) is 1. The molecule has 0 unspecified atom stereocenters.